The molecule has 0 radical (unpaired) electrons. The second-order valence-corrected chi connectivity index (χ2v) is 8.53. The molecule has 0 spiro atoms. The van der Waals surface area contributed by atoms with Crippen molar-refractivity contribution in [3.8, 4) is 11.5 Å². The standard InChI is InChI=1S/C21H18N4OS2/c26-20(23-15-9-10-28-19-8-4-1-5-14(15)19)11-25-18-7-3-2-6-16(18)24-21(25)17-12-27-13-22-17/h1-8,12-13,15H,9-11H2,(H,23,26). The highest BCUT2D eigenvalue weighted by molar-refractivity contribution is 7.99. The van der Waals surface area contributed by atoms with E-state index in [1.807, 2.05) is 58.1 Å². The Labute approximate surface area is 170 Å². The van der Waals surface area contributed by atoms with Crippen molar-refractivity contribution in [1.29, 1.82) is 0 Å². The molecule has 5 nitrogen and oxygen atoms in total. The van der Waals surface area contributed by atoms with Gasteiger partial charge >= 0.3 is 0 Å². The second kappa shape index (κ2) is 7.41. The fraction of sp³-hybridized carbons (Fsp3) is 0.190. The summed E-state index contributed by atoms with van der Waals surface area (Å²) < 4.78 is 1.96. The van der Waals surface area contributed by atoms with E-state index >= 15 is 0 Å². The van der Waals surface area contributed by atoms with Crippen LogP contribution in [0.3, 0.4) is 0 Å². The molecule has 1 aliphatic heterocycles. The predicted octanol–water partition coefficient (Wildman–Crippen LogP) is 4.51. The Morgan fingerprint density at radius 1 is 1.18 bits per heavy atom. The smallest absolute Gasteiger partial charge is 0.240 e. The molecule has 2 aromatic carbocycles. The summed E-state index contributed by atoms with van der Waals surface area (Å²) in [6.45, 7) is 0.221. The Kier molecular flexibility index (Phi) is 4.62. The topological polar surface area (TPSA) is 59.8 Å². The lowest BCUT2D eigenvalue weighted by atomic mass is 10.0. The van der Waals surface area contributed by atoms with E-state index < -0.39 is 0 Å². The molecule has 4 aromatic rings. The molecular formula is C21H18N4OS2. The number of imidazole rings is 1. The number of rotatable bonds is 4. The molecule has 0 saturated carbocycles. The number of hydrogen-bond acceptors (Lipinski definition) is 5. The first-order valence-corrected chi connectivity index (χ1v) is 11.1. The molecule has 0 fully saturated rings. The van der Waals surface area contributed by atoms with E-state index in [9.17, 15) is 4.79 Å². The normalized spacial score (nSPS) is 16.1. The van der Waals surface area contributed by atoms with Crippen molar-refractivity contribution in [1.82, 2.24) is 19.9 Å². The summed E-state index contributed by atoms with van der Waals surface area (Å²) in [5.41, 5.74) is 5.61. The van der Waals surface area contributed by atoms with Gasteiger partial charge in [-0.25, -0.2) is 9.97 Å². The third-order valence-electron chi connectivity index (χ3n) is 4.91. The molecule has 140 valence electrons. The van der Waals surface area contributed by atoms with Crippen LogP contribution >= 0.6 is 23.1 Å². The lowest BCUT2D eigenvalue weighted by molar-refractivity contribution is -0.122. The first-order chi connectivity index (χ1) is 13.8. The van der Waals surface area contributed by atoms with E-state index in [1.54, 1.807) is 5.51 Å². The zero-order chi connectivity index (χ0) is 18.9. The Morgan fingerprint density at radius 3 is 2.93 bits per heavy atom. The van der Waals surface area contributed by atoms with Crippen LogP contribution in [-0.2, 0) is 11.3 Å². The van der Waals surface area contributed by atoms with Gasteiger partial charge in [0.05, 0.1) is 22.6 Å². The van der Waals surface area contributed by atoms with E-state index in [1.165, 1.54) is 21.8 Å². The summed E-state index contributed by atoms with van der Waals surface area (Å²) in [5.74, 6) is 1.74. The molecular weight excluding hydrogens is 388 g/mol. The number of fused-ring (bicyclic) bond motifs is 2. The van der Waals surface area contributed by atoms with Crippen molar-refractivity contribution in [3.05, 3.63) is 65.0 Å². The van der Waals surface area contributed by atoms with Crippen molar-refractivity contribution < 1.29 is 4.79 Å². The van der Waals surface area contributed by atoms with Gasteiger partial charge < -0.3 is 9.88 Å². The highest BCUT2D eigenvalue weighted by Gasteiger charge is 2.23. The van der Waals surface area contributed by atoms with Gasteiger partial charge in [0, 0.05) is 16.0 Å². The van der Waals surface area contributed by atoms with Gasteiger partial charge in [0.2, 0.25) is 5.91 Å². The summed E-state index contributed by atoms with van der Waals surface area (Å²) in [7, 11) is 0. The molecule has 1 aliphatic rings. The largest absolute Gasteiger partial charge is 0.348 e. The Bertz CT molecular complexity index is 1140. The number of nitrogens with zero attached hydrogens (tertiary/aromatic N) is 3. The molecule has 0 aliphatic carbocycles. The molecule has 1 amide bonds. The second-order valence-electron chi connectivity index (χ2n) is 6.68. The molecule has 28 heavy (non-hydrogen) atoms. The molecule has 1 atom stereocenters. The summed E-state index contributed by atoms with van der Waals surface area (Å²) in [6, 6.07) is 16.3. The minimum atomic E-state index is -0.00802. The van der Waals surface area contributed by atoms with Gasteiger partial charge in [0.15, 0.2) is 5.82 Å². The fourth-order valence-electron chi connectivity index (χ4n) is 3.63. The summed E-state index contributed by atoms with van der Waals surface area (Å²) >= 11 is 3.38. The third kappa shape index (κ3) is 3.21. The number of thiazole rings is 1. The average Bonchev–Trinajstić information content (AvgIpc) is 3.37. The monoisotopic (exact) mass is 406 g/mol. The molecule has 7 heteroatoms. The Balaban J connectivity index is 1.45. The van der Waals surface area contributed by atoms with Crippen LogP contribution in [0.1, 0.15) is 18.0 Å². The maximum absolute atomic E-state index is 13.0. The SMILES string of the molecule is O=C(Cn1c(-c2cscn2)nc2ccccc21)NC1CCSc2ccccc21. The van der Waals surface area contributed by atoms with E-state index in [0.29, 0.717) is 0 Å². The highest BCUT2D eigenvalue weighted by Crippen LogP contribution is 2.35. The minimum absolute atomic E-state index is 0.00802. The number of amides is 1. The van der Waals surface area contributed by atoms with Gasteiger partial charge in [-0.05, 0) is 30.2 Å². The molecule has 0 saturated heterocycles. The van der Waals surface area contributed by atoms with Crippen LogP contribution in [0.2, 0.25) is 0 Å². The first-order valence-electron chi connectivity index (χ1n) is 9.14. The number of carbonyl (C=O) groups is 1. The zero-order valence-corrected chi connectivity index (χ0v) is 16.7. The summed E-state index contributed by atoms with van der Waals surface area (Å²) in [4.78, 5) is 23.3. The zero-order valence-electron chi connectivity index (χ0n) is 15.0. The summed E-state index contributed by atoms with van der Waals surface area (Å²) in [6.07, 6.45) is 0.942. The van der Waals surface area contributed by atoms with Crippen molar-refractivity contribution in [2.75, 3.05) is 5.75 Å². The lowest BCUT2D eigenvalue weighted by Crippen LogP contribution is -2.33. The van der Waals surface area contributed by atoms with Gasteiger partial charge in [-0.1, -0.05) is 30.3 Å². The van der Waals surface area contributed by atoms with E-state index in [2.05, 4.69) is 22.4 Å². The Morgan fingerprint density at radius 2 is 2.04 bits per heavy atom. The minimum Gasteiger partial charge on any atom is -0.348 e. The van der Waals surface area contributed by atoms with Crippen LogP contribution in [0.5, 0.6) is 0 Å². The van der Waals surface area contributed by atoms with Gasteiger partial charge in [-0.2, -0.15) is 0 Å². The van der Waals surface area contributed by atoms with Crippen molar-refractivity contribution in [2.45, 2.75) is 23.9 Å². The van der Waals surface area contributed by atoms with Crippen LogP contribution in [0.4, 0.5) is 0 Å². The van der Waals surface area contributed by atoms with Crippen LogP contribution in [-0.4, -0.2) is 26.2 Å². The number of hydrogen-bond donors (Lipinski definition) is 1. The molecule has 1 N–H and O–H groups in total. The maximum Gasteiger partial charge on any atom is 0.240 e. The molecule has 1 unspecified atom stereocenters. The molecule has 2 aromatic heterocycles. The maximum atomic E-state index is 13.0. The number of thioether (sulfide) groups is 1. The number of aromatic nitrogens is 3. The van der Waals surface area contributed by atoms with E-state index in [4.69, 9.17) is 4.98 Å². The van der Waals surface area contributed by atoms with Crippen LogP contribution in [0, 0.1) is 0 Å². The fourth-order valence-corrected chi connectivity index (χ4v) is 5.29. The van der Waals surface area contributed by atoms with Crippen molar-refractivity contribution >= 4 is 40.0 Å². The average molecular weight is 407 g/mol. The first kappa shape index (κ1) is 17.5. The summed E-state index contributed by atoms with van der Waals surface area (Å²) in [5, 5.41) is 5.19. The van der Waals surface area contributed by atoms with Gasteiger partial charge in [-0.3, -0.25) is 4.79 Å². The lowest BCUT2D eigenvalue weighted by Gasteiger charge is -2.26. The van der Waals surface area contributed by atoms with Gasteiger partial charge in [0.25, 0.3) is 0 Å². The van der Waals surface area contributed by atoms with Crippen molar-refractivity contribution in [3.63, 3.8) is 0 Å². The van der Waals surface area contributed by atoms with Crippen LogP contribution < -0.4 is 5.32 Å². The van der Waals surface area contributed by atoms with E-state index in [-0.39, 0.29) is 18.5 Å². The highest BCUT2D eigenvalue weighted by atomic mass is 32.2. The molecule has 5 rings (SSSR count). The van der Waals surface area contributed by atoms with Crippen LogP contribution in [0.15, 0.2) is 64.3 Å². The number of para-hydroxylation sites is 2. The van der Waals surface area contributed by atoms with E-state index in [0.717, 1.165) is 34.7 Å². The van der Waals surface area contributed by atoms with Gasteiger partial charge in [-0.15, -0.1) is 23.1 Å². The predicted molar refractivity (Wildman–Crippen MR) is 114 cm³/mol. The Hall–Kier alpha value is -2.64. The molecule has 0 bridgehead atoms. The number of benzene rings is 2. The third-order valence-corrected chi connectivity index (χ3v) is 6.62. The number of carbonyl (C=O) groups excluding carboxylic acids is 1. The van der Waals surface area contributed by atoms with Gasteiger partial charge in [0.1, 0.15) is 12.2 Å². The molecule has 3 heterocycles. The quantitative estimate of drug-likeness (QED) is 0.542. The number of nitrogens with one attached hydrogen (secondary N) is 1. The van der Waals surface area contributed by atoms with Crippen molar-refractivity contribution in [2.24, 2.45) is 0 Å². The van der Waals surface area contributed by atoms with Crippen LogP contribution in [0.25, 0.3) is 22.6 Å².